The van der Waals surface area contributed by atoms with Crippen LogP contribution in [0.1, 0.15) is 13.8 Å². The molecule has 0 aliphatic carbocycles. The Labute approximate surface area is 172 Å². The minimum absolute atomic E-state index is 0.0936. The molecule has 0 radical (unpaired) electrons. The quantitative estimate of drug-likeness (QED) is 0.444. The van der Waals surface area contributed by atoms with Crippen molar-refractivity contribution in [2.45, 2.75) is 13.8 Å². The van der Waals surface area contributed by atoms with Gasteiger partial charge in [0.25, 0.3) is 5.56 Å². The van der Waals surface area contributed by atoms with Crippen LogP contribution >= 0.6 is 23.6 Å². The third kappa shape index (κ3) is 3.06. The first-order chi connectivity index (χ1) is 13.7. The lowest BCUT2D eigenvalue weighted by Crippen LogP contribution is -2.32. The van der Waals surface area contributed by atoms with E-state index in [-0.39, 0.29) is 5.56 Å². The maximum Gasteiger partial charge on any atom is 0.279 e. The highest BCUT2D eigenvalue weighted by atomic mass is 32.1. The van der Waals surface area contributed by atoms with E-state index in [9.17, 15) is 4.79 Å². The molecule has 4 rings (SSSR count). The first-order valence-corrected chi connectivity index (χ1v) is 10.4. The fraction of sp³-hybridized carbons (Fsp3) is 0.190. The summed E-state index contributed by atoms with van der Waals surface area (Å²) in [5.74, 6) is 0.631. The number of aromatic nitrogens is 3. The summed E-state index contributed by atoms with van der Waals surface area (Å²) in [5.41, 5.74) is 2.23. The van der Waals surface area contributed by atoms with Crippen molar-refractivity contribution >= 4 is 39.9 Å². The lowest BCUT2D eigenvalue weighted by molar-refractivity contribution is 0.784. The lowest BCUT2D eigenvalue weighted by atomic mass is 10.3. The van der Waals surface area contributed by atoms with Gasteiger partial charge in [0.05, 0.1) is 5.69 Å². The molecule has 2 heterocycles. The van der Waals surface area contributed by atoms with Gasteiger partial charge in [0, 0.05) is 18.8 Å². The minimum atomic E-state index is -0.0936. The molecule has 0 amide bonds. The Hall–Kier alpha value is -2.77. The van der Waals surface area contributed by atoms with E-state index < -0.39 is 0 Å². The van der Waals surface area contributed by atoms with E-state index in [1.54, 1.807) is 4.57 Å². The zero-order valence-corrected chi connectivity index (χ0v) is 17.3. The standard InChI is InChI=1S/C21H20N4OS2/c1-3-23(4-2)20-22-18-17(19(26)25(20)16-13-9-6-10-14-16)28-21(27)24(18)15-11-7-5-8-12-15/h5-14H,3-4H2,1-2H3. The Morgan fingerprint density at radius 1 is 0.929 bits per heavy atom. The number of fused-ring (bicyclic) bond motifs is 1. The first-order valence-electron chi connectivity index (χ1n) is 9.20. The van der Waals surface area contributed by atoms with Crippen LogP contribution in [0.2, 0.25) is 0 Å². The molecule has 28 heavy (non-hydrogen) atoms. The van der Waals surface area contributed by atoms with Gasteiger partial charge in [-0.2, -0.15) is 4.98 Å². The van der Waals surface area contributed by atoms with Gasteiger partial charge in [-0.3, -0.25) is 9.36 Å². The summed E-state index contributed by atoms with van der Waals surface area (Å²) in [6.07, 6.45) is 0. The molecular weight excluding hydrogens is 388 g/mol. The summed E-state index contributed by atoms with van der Waals surface area (Å²) in [7, 11) is 0. The van der Waals surface area contributed by atoms with Crippen molar-refractivity contribution in [1.29, 1.82) is 0 Å². The number of nitrogens with zero attached hydrogens (tertiary/aromatic N) is 4. The number of hydrogen-bond acceptors (Lipinski definition) is 5. The second-order valence-corrected chi connectivity index (χ2v) is 7.90. The molecule has 2 aromatic carbocycles. The van der Waals surface area contributed by atoms with Gasteiger partial charge in [-0.15, -0.1) is 0 Å². The minimum Gasteiger partial charge on any atom is -0.342 e. The Bertz CT molecular complexity index is 1220. The number of anilines is 1. The molecule has 2 aromatic heterocycles. The van der Waals surface area contributed by atoms with Crippen molar-refractivity contribution in [3.05, 3.63) is 75.0 Å². The third-order valence-corrected chi connectivity index (χ3v) is 6.02. The molecule has 4 aromatic rings. The van der Waals surface area contributed by atoms with Crippen molar-refractivity contribution in [2.24, 2.45) is 0 Å². The predicted molar refractivity (Wildman–Crippen MR) is 119 cm³/mol. The van der Waals surface area contributed by atoms with Gasteiger partial charge in [0.2, 0.25) is 5.95 Å². The average Bonchev–Trinajstić information content (AvgIpc) is 3.07. The van der Waals surface area contributed by atoms with E-state index in [1.165, 1.54) is 11.3 Å². The number of hydrogen-bond donors (Lipinski definition) is 0. The number of rotatable bonds is 5. The zero-order valence-electron chi connectivity index (χ0n) is 15.7. The highest BCUT2D eigenvalue weighted by molar-refractivity contribution is 7.73. The van der Waals surface area contributed by atoms with Crippen LogP contribution in [-0.2, 0) is 0 Å². The molecule has 5 nitrogen and oxygen atoms in total. The van der Waals surface area contributed by atoms with Crippen LogP contribution in [0, 0.1) is 3.95 Å². The molecule has 0 saturated carbocycles. The van der Waals surface area contributed by atoms with Crippen molar-refractivity contribution in [2.75, 3.05) is 18.0 Å². The second kappa shape index (κ2) is 7.69. The summed E-state index contributed by atoms with van der Waals surface area (Å²) >= 11 is 6.91. The molecule has 0 aliphatic rings. The fourth-order valence-corrected chi connectivity index (χ4v) is 4.58. The molecule has 0 bridgehead atoms. The molecule has 0 N–H and O–H groups in total. The number of thiazole rings is 1. The van der Waals surface area contributed by atoms with Gasteiger partial charge >= 0.3 is 0 Å². The van der Waals surface area contributed by atoms with Crippen molar-refractivity contribution in [1.82, 2.24) is 14.1 Å². The smallest absolute Gasteiger partial charge is 0.279 e. The largest absolute Gasteiger partial charge is 0.342 e. The number of para-hydroxylation sites is 2. The van der Waals surface area contributed by atoms with Crippen LogP contribution in [-0.4, -0.2) is 27.2 Å². The van der Waals surface area contributed by atoms with Gasteiger partial charge < -0.3 is 4.90 Å². The van der Waals surface area contributed by atoms with Crippen molar-refractivity contribution in [3.63, 3.8) is 0 Å². The van der Waals surface area contributed by atoms with Crippen LogP contribution in [0.3, 0.4) is 0 Å². The highest BCUT2D eigenvalue weighted by Crippen LogP contribution is 2.26. The summed E-state index contributed by atoms with van der Waals surface area (Å²) < 4.78 is 4.75. The van der Waals surface area contributed by atoms with E-state index in [4.69, 9.17) is 17.2 Å². The molecule has 0 aliphatic heterocycles. The highest BCUT2D eigenvalue weighted by Gasteiger charge is 2.20. The molecule has 0 fully saturated rings. The average molecular weight is 409 g/mol. The molecule has 0 unspecified atom stereocenters. The SMILES string of the molecule is CCN(CC)c1nc2c(sc(=S)n2-c2ccccc2)c(=O)n1-c1ccccc1. The van der Waals surface area contributed by atoms with Crippen molar-refractivity contribution < 1.29 is 0 Å². The van der Waals surface area contributed by atoms with Gasteiger partial charge in [0.15, 0.2) is 9.60 Å². The molecule has 0 atom stereocenters. The summed E-state index contributed by atoms with van der Waals surface area (Å²) in [4.78, 5) is 20.6. The van der Waals surface area contributed by atoms with Crippen molar-refractivity contribution in [3.8, 4) is 11.4 Å². The summed E-state index contributed by atoms with van der Waals surface area (Å²) in [6.45, 7) is 5.62. The number of benzene rings is 2. The van der Waals surface area contributed by atoms with E-state index in [2.05, 4.69) is 18.7 Å². The second-order valence-electron chi connectivity index (χ2n) is 6.25. The van der Waals surface area contributed by atoms with E-state index in [0.29, 0.717) is 20.2 Å². The Kier molecular flexibility index (Phi) is 5.11. The van der Waals surface area contributed by atoms with E-state index in [1.807, 2.05) is 65.2 Å². The van der Waals surface area contributed by atoms with Gasteiger partial charge in [-0.25, -0.2) is 4.57 Å². The first kappa shape index (κ1) is 18.6. The Morgan fingerprint density at radius 2 is 1.46 bits per heavy atom. The molecule has 0 spiro atoms. The topological polar surface area (TPSA) is 43.1 Å². The van der Waals surface area contributed by atoms with Crippen LogP contribution in [0.15, 0.2) is 65.5 Å². The maximum absolute atomic E-state index is 13.5. The van der Waals surface area contributed by atoms with Gasteiger partial charge in [0.1, 0.15) is 4.70 Å². The van der Waals surface area contributed by atoms with E-state index in [0.717, 1.165) is 24.5 Å². The molecular formula is C21H20N4OS2. The van der Waals surface area contributed by atoms with Gasteiger partial charge in [-0.1, -0.05) is 47.7 Å². The monoisotopic (exact) mass is 408 g/mol. The maximum atomic E-state index is 13.5. The van der Waals surface area contributed by atoms with Crippen LogP contribution in [0.25, 0.3) is 21.7 Å². The Balaban J connectivity index is 2.11. The molecule has 0 saturated heterocycles. The fourth-order valence-electron chi connectivity index (χ4n) is 3.28. The van der Waals surface area contributed by atoms with E-state index >= 15 is 0 Å². The normalized spacial score (nSPS) is 11.1. The van der Waals surface area contributed by atoms with Crippen LogP contribution in [0.4, 0.5) is 5.95 Å². The summed E-state index contributed by atoms with van der Waals surface area (Å²) in [5, 5.41) is 0. The third-order valence-electron chi connectivity index (χ3n) is 4.67. The molecule has 7 heteroatoms. The lowest BCUT2D eigenvalue weighted by Gasteiger charge is -2.23. The van der Waals surface area contributed by atoms with Crippen LogP contribution < -0.4 is 10.5 Å². The zero-order chi connectivity index (χ0) is 19.7. The Morgan fingerprint density at radius 3 is 2.00 bits per heavy atom. The van der Waals surface area contributed by atoms with Gasteiger partial charge in [-0.05, 0) is 50.3 Å². The molecule has 142 valence electrons. The van der Waals surface area contributed by atoms with Crippen LogP contribution in [0.5, 0.6) is 0 Å². The predicted octanol–water partition coefficient (Wildman–Crippen LogP) is 4.81. The summed E-state index contributed by atoms with van der Waals surface area (Å²) in [6, 6.07) is 19.5.